The number of fused-ring (bicyclic) bond motifs is 1. The lowest BCUT2D eigenvalue weighted by molar-refractivity contribution is 0.897. The van der Waals surface area contributed by atoms with Gasteiger partial charge < -0.3 is 5.32 Å². The number of rotatable bonds is 1. The van der Waals surface area contributed by atoms with Gasteiger partial charge in [0.25, 0.3) is 0 Å². The molecule has 1 aliphatic rings. The van der Waals surface area contributed by atoms with Crippen LogP contribution in [0.4, 0.5) is 0 Å². The largest absolute Gasteiger partial charge is 0.309 e. The number of hydrogen-bond donors (Lipinski definition) is 1. The molecule has 1 N–H and O–H groups in total. The Labute approximate surface area is 86.4 Å². The van der Waals surface area contributed by atoms with Gasteiger partial charge >= 0.3 is 0 Å². The minimum atomic E-state index is 0.952. The molecule has 0 aliphatic carbocycles. The summed E-state index contributed by atoms with van der Waals surface area (Å²) in [6.07, 6.45) is 2.22. The van der Waals surface area contributed by atoms with Crippen LogP contribution in [0.3, 0.4) is 0 Å². The van der Waals surface area contributed by atoms with E-state index in [9.17, 15) is 0 Å². The summed E-state index contributed by atoms with van der Waals surface area (Å²) in [5, 5.41) is 4.58. The van der Waals surface area contributed by atoms with E-state index >= 15 is 0 Å². The smallest absolute Gasteiger partial charge is 0.0889 e. The minimum Gasteiger partial charge on any atom is -0.309 e. The fourth-order valence-corrected chi connectivity index (χ4v) is 2.58. The van der Waals surface area contributed by atoms with Crippen molar-refractivity contribution in [1.29, 1.82) is 0 Å². The second-order valence-electron chi connectivity index (χ2n) is 3.39. The zero-order valence-corrected chi connectivity index (χ0v) is 8.47. The first-order valence-corrected chi connectivity index (χ1v) is 5.47. The number of hydrogen-bond acceptors (Lipinski definition) is 3. The highest BCUT2D eigenvalue weighted by Crippen LogP contribution is 2.28. The number of nitrogens with one attached hydrogen (secondary N) is 1. The van der Waals surface area contributed by atoms with Gasteiger partial charge in [-0.05, 0) is 23.2 Å². The first kappa shape index (κ1) is 8.15. The number of nitrogens with zero attached hydrogens (tertiary/aromatic N) is 1. The molecule has 2 aromatic rings. The van der Waals surface area contributed by atoms with E-state index in [1.807, 2.05) is 0 Å². The summed E-state index contributed by atoms with van der Waals surface area (Å²) < 4.78 is 5.78. The van der Waals surface area contributed by atoms with Gasteiger partial charge in [0.1, 0.15) is 0 Å². The van der Waals surface area contributed by atoms with Crippen molar-refractivity contribution >= 4 is 27.2 Å². The van der Waals surface area contributed by atoms with Gasteiger partial charge in [-0.1, -0.05) is 24.3 Å². The van der Waals surface area contributed by atoms with E-state index in [2.05, 4.69) is 40.0 Å². The van der Waals surface area contributed by atoms with Crippen molar-refractivity contribution in [2.45, 2.75) is 0 Å². The Hall–Kier alpha value is -1.19. The fraction of sp³-hybridized carbons (Fsp3) is 0.182. The molecule has 0 fully saturated rings. The quantitative estimate of drug-likeness (QED) is 0.767. The monoisotopic (exact) mass is 202 g/mol. The predicted molar refractivity (Wildman–Crippen MR) is 60.5 cm³/mol. The molecule has 0 atom stereocenters. The van der Waals surface area contributed by atoms with Gasteiger partial charge in [-0.2, -0.15) is 4.37 Å². The SMILES string of the molecule is C1=C(c2nsc3ccccc23)CNC1. The van der Waals surface area contributed by atoms with Crippen LogP contribution in [0, 0.1) is 0 Å². The minimum absolute atomic E-state index is 0.952. The molecular weight excluding hydrogens is 192 g/mol. The van der Waals surface area contributed by atoms with E-state index in [4.69, 9.17) is 0 Å². The van der Waals surface area contributed by atoms with Crippen LogP contribution in [0.25, 0.3) is 15.7 Å². The van der Waals surface area contributed by atoms with Gasteiger partial charge in [0.2, 0.25) is 0 Å². The van der Waals surface area contributed by atoms with E-state index in [-0.39, 0.29) is 0 Å². The summed E-state index contributed by atoms with van der Waals surface area (Å²) in [6.45, 7) is 1.93. The predicted octanol–water partition coefficient (Wildman–Crippen LogP) is 2.28. The molecule has 1 aromatic carbocycles. The zero-order valence-electron chi connectivity index (χ0n) is 7.66. The van der Waals surface area contributed by atoms with Crippen LogP contribution in [0.15, 0.2) is 30.3 Å². The van der Waals surface area contributed by atoms with E-state index in [0.717, 1.165) is 18.8 Å². The second kappa shape index (κ2) is 3.19. The third kappa shape index (κ3) is 1.17. The molecule has 14 heavy (non-hydrogen) atoms. The highest BCUT2D eigenvalue weighted by atomic mass is 32.1. The van der Waals surface area contributed by atoms with Gasteiger partial charge in [-0.25, -0.2) is 0 Å². The van der Waals surface area contributed by atoms with Crippen molar-refractivity contribution in [2.75, 3.05) is 13.1 Å². The molecule has 0 spiro atoms. The van der Waals surface area contributed by atoms with Gasteiger partial charge in [0.15, 0.2) is 0 Å². The Kier molecular flexibility index (Phi) is 1.85. The summed E-state index contributed by atoms with van der Waals surface area (Å²) in [4.78, 5) is 0. The molecule has 0 amide bonds. The molecule has 0 unspecified atom stereocenters. The maximum absolute atomic E-state index is 4.51. The highest BCUT2D eigenvalue weighted by Gasteiger charge is 2.12. The molecular formula is C11H10N2S. The summed E-state index contributed by atoms with van der Waals surface area (Å²) >= 11 is 1.58. The molecule has 1 aromatic heterocycles. The van der Waals surface area contributed by atoms with Crippen LogP contribution in [0.5, 0.6) is 0 Å². The molecule has 2 heterocycles. The lowest BCUT2D eigenvalue weighted by Gasteiger charge is -1.96. The molecule has 3 rings (SSSR count). The summed E-state index contributed by atoms with van der Waals surface area (Å²) in [6, 6.07) is 8.40. The van der Waals surface area contributed by atoms with Crippen LogP contribution in [0.2, 0.25) is 0 Å². The van der Waals surface area contributed by atoms with Crippen molar-refractivity contribution in [1.82, 2.24) is 9.69 Å². The maximum atomic E-state index is 4.51. The van der Waals surface area contributed by atoms with Crippen LogP contribution in [-0.4, -0.2) is 17.5 Å². The average molecular weight is 202 g/mol. The van der Waals surface area contributed by atoms with Crippen molar-refractivity contribution in [3.05, 3.63) is 36.0 Å². The Morgan fingerprint density at radius 2 is 2.21 bits per heavy atom. The maximum Gasteiger partial charge on any atom is 0.0889 e. The van der Waals surface area contributed by atoms with Crippen molar-refractivity contribution in [2.24, 2.45) is 0 Å². The Bertz CT molecular complexity index is 499. The molecule has 70 valence electrons. The van der Waals surface area contributed by atoms with Crippen LogP contribution in [0.1, 0.15) is 5.69 Å². The Morgan fingerprint density at radius 1 is 1.29 bits per heavy atom. The Balaban J connectivity index is 2.21. The lowest BCUT2D eigenvalue weighted by Crippen LogP contribution is -2.07. The third-order valence-electron chi connectivity index (χ3n) is 2.49. The van der Waals surface area contributed by atoms with E-state index in [1.54, 1.807) is 11.5 Å². The average Bonchev–Trinajstić information content (AvgIpc) is 2.85. The molecule has 0 saturated heterocycles. The van der Waals surface area contributed by atoms with E-state index < -0.39 is 0 Å². The van der Waals surface area contributed by atoms with Crippen molar-refractivity contribution in [3.63, 3.8) is 0 Å². The second-order valence-corrected chi connectivity index (χ2v) is 4.19. The molecule has 3 heteroatoms. The molecule has 0 bridgehead atoms. The summed E-state index contributed by atoms with van der Waals surface area (Å²) in [5.41, 5.74) is 2.50. The molecule has 1 aliphatic heterocycles. The topological polar surface area (TPSA) is 24.9 Å². The first-order chi connectivity index (χ1) is 6.95. The molecule has 2 nitrogen and oxygen atoms in total. The van der Waals surface area contributed by atoms with Crippen LogP contribution >= 0.6 is 11.5 Å². The molecule has 0 radical (unpaired) electrons. The van der Waals surface area contributed by atoms with Gasteiger partial charge in [0.05, 0.1) is 10.4 Å². The number of aromatic nitrogens is 1. The lowest BCUT2D eigenvalue weighted by atomic mass is 10.1. The Morgan fingerprint density at radius 3 is 3.07 bits per heavy atom. The number of benzene rings is 1. The van der Waals surface area contributed by atoms with E-state index in [0.29, 0.717) is 0 Å². The summed E-state index contributed by atoms with van der Waals surface area (Å²) in [7, 11) is 0. The van der Waals surface area contributed by atoms with Gasteiger partial charge in [-0.3, -0.25) is 0 Å². The zero-order chi connectivity index (χ0) is 9.38. The van der Waals surface area contributed by atoms with Gasteiger partial charge in [-0.15, -0.1) is 0 Å². The molecule has 0 saturated carbocycles. The third-order valence-corrected chi connectivity index (χ3v) is 3.32. The standard InChI is InChI=1S/C11H10N2S/c1-2-4-10-9(3-1)11(13-14-10)8-5-6-12-7-8/h1-5,12H,6-7H2. The van der Waals surface area contributed by atoms with Gasteiger partial charge in [0, 0.05) is 18.5 Å². The van der Waals surface area contributed by atoms with Crippen molar-refractivity contribution < 1.29 is 0 Å². The highest BCUT2D eigenvalue weighted by molar-refractivity contribution is 7.13. The summed E-state index contributed by atoms with van der Waals surface area (Å²) in [5.74, 6) is 0. The van der Waals surface area contributed by atoms with E-state index in [1.165, 1.54) is 15.7 Å². The normalized spacial score (nSPS) is 16.1. The van der Waals surface area contributed by atoms with Crippen LogP contribution in [-0.2, 0) is 0 Å². The van der Waals surface area contributed by atoms with Crippen LogP contribution < -0.4 is 5.32 Å². The van der Waals surface area contributed by atoms with Crippen molar-refractivity contribution in [3.8, 4) is 0 Å². The first-order valence-electron chi connectivity index (χ1n) is 4.70. The fourth-order valence-electron chi connectivity index (χ4n) is 1.77.